The number of carbonyl (C=O) groups is 1. The van der Waals surface area contributed by atoms with Crippen LogP contribution in [-0.4, -0.2) is 17.6 Å². The molecule has 2 aromatic rings. The molecule has 0 aliphatic heterocycles. The van der Waals surface area contributed by atoms with Gasteiger partial charge in [0.2, 0.25) is 0 Å². The van der Waals surface area contributed by atoms with Gasteiger partial charge in [-0.2, -0.15) is 0 Å². The Bertz CT molecular complexity index is 649. The Labute approximate surface area is 128 Å². The van der Waals surface area contributed by atoms with Crippen molar-refractivity contribution >= 4 is 28.1 Å². The van der Waals surface area contributed by atoms with Crippen molar-refractivity contribution in [2.24, 2.45) is 0 Å². The van der Waals surface area contributed by atoms with Crippen LogP contribution in [0.1, 0.15) is 35.4 Å². The summed E-state index contributed by atoms with van der Waals surface area (Å²) in [6, 6.07) is 8.19. The topological polar surface area (TPSA) is 51.2 Å². The number of carbonyl (C=O) groups excluding carboxylic acids is 1. The molecule has 3 rings (SSSR count). The number of rotatable bonds is 4. The van der Waals surface area contributed by atoms with E-state index >= 15 is 0 Å². The minimum Gasteiger partial charge on any atom is -0.465 e. The number of nitrogens with zero attached hydrogens (tertiary/aromatic N) is 1. The van der Waals surface area contributed by atoms with Crippen LogP contribution in [0.15, 0.2) is 24.3 Å². The van der Waals surface area contributed by atoms with Crippen molar-refractivity contribution in [2.75, 3.05) is 11.9 Å². The summed E-state index contributed by atoms with van der Waals surface area (Å²) in [5.74, 6) is -0.340. The van der Waals surface area contributed by atoms with E-state index in [1.54, 1.807) is 11.3 Å². The molecule has 4 nitrogen and oxygen atoms in total. The van der Waals surface area contributed by atoms with Gasteiger partial charge >= 0.3 is 5.97 Å². The predicted molar refractivity (Wildman–Crippen MR) is 84.3 cm³/mol. The zero-order valence-corrected chi connectivity index (χ0v) is 13.0. The second kappa shape index (κ2) is 5.85. The molecule has 1 atom stereocenters. The quantitative estimate of drug-likeness (QED) is 0.873. The molecule has 1 aliphatic rings. The summed E-state index contributed by atoms with van der Waals surface area (Å²) in [7, 11) is 0. The van der Waals surface area contributed by atoms with E-state index in [1.165, 1.54) is 10.4 Å². The van der Waals surface area contributed by atoms with Crippen LogP contribution in [0.5, 0.6) is 0 Å². The number of ether oxygens (including phenoxy) is 1. The van der Waals surface area contributed by atoms with Gasteiger partial charge in [-0.25, -0.2) is 4.98 Å². The first-order chi connectivity index (χ1) is 10.2. The fourth-order valence-electron chi connectivity index (χ4n) is 2.51. The number of aryl methyl sites for hydroxylation is 2. The van der Waals surface area contributed by atoms with Crippen LogP contribution in [0.3, 0.4) is 0 Å². The molecule has 1 aromatic carbocycles. The number of aromatic nitrogens is 1. The molecule has 21 heavy (non-hydrogen) atoms. The molecule has 0 bridgehead atoms. The van der Waals surface area contributed by atoms with Gasteiger partial charge in [-0.05, 0) is 38.8 Å². The van der Waals surface area contributed by atoms with Crippen molar-refractivity contribution < 1.29 is 9.53 Å². The van der Waals surface area contributed by atoms with Crippen molar-refractivity contribution in [2.45, 2.75) is 32.6 Å². The molecule has 1 heterocycles. The minimum absolute atomic E-state index is 0.150. The molecule has 1 N–H and O–H groups in total. The number of hydrogen-bond donors (Lipinski definition) is 1. The second-order valence-electron chi connectivity index (χ2n) is 5.16. The van der Waals surface area contributed by atoms with E-state index in [9.17, 15) is 4.79 Å². The van der Waals surface area contributed by atoms with Crippen LogP contribution < -0.4 is 5.32 Å². The number of fused-ring (bicyclic) bond motifs is 1. The smallest absolute Gasteiger partial charge is 0.315 e. The van der Waals surface area contributed by atoms with Gasteiger partial charge in [-0.3, -0.25) is 4.79 Å². The third-order valence-electron chi connectivity index (χ3n) is 3.59. The zero-order valence-electron chi connectivity index (χ0n) is 12.2. The van der Waals surface area contributed by atoms with Crippen LogP contribution in [0, 0.1) is 6.92 Å². The Morgan fingerprint density at radius 3 is 2.90 bits per heavy atom. The lowest BCUT2D eigenvalue weighted by Gasteiger charge is -2.08. The van der Waals surface area contributed by atoms with Crippen molar-refractivity contribution in [1.29, 1.82) is 0 Å². The minimum atomic E-state index is -0.190. The highest BCUT2D eigenvalue weighted by atomic mass is 32.1. The fraction of sp³-hybridized carbons (Fsp3) is 0.375. The van der Waals surface area contributed by atoms with Gasteiger partial charge in [0, 0.05) is 10.6 Å². The maximum absolute atomic E-state index is 11.9. The van der Waals surface area contributed by atoms with Gasteiger partial charge < -0.3 is 10.1 Å². The third-order valence-corrected chi connectivity index (χ3v) is 4.64. The molecule has 110 valence electrons. The first kappa shape index (κ1) is 14.1. The Hall–Kier alpha value is -1.88. The number of esters is 1. The van der Waals surface area contributed by atoms with E-state index < -0.39 is 0 Å². The lowest BCUT2D eigenvalue weighted by Crippen LogP contribution is -2.14. The molecule has 0 spiro atoms. The van der Waals surface area contributed by atoms with Crippen LogP contribution in [0.4, 0.5) is 10.8 Å². The standard InChI is InChI=1S/C16H18N2O2S/c1-3-20-15(19)12-8-9-13-14(12)18-16(21-13)17-11-6-4-10(2)5-7-11/h4-7,12H,3,8-9H2,1-2H3,(H,17,18). The number of thiazole rings is 1. The van der Waals surface area contributed by atoms with Gasteiger partial charge in [-0.1, -0.05) is 17.7 Å². The summed E-state index contributed by atoms with van der Waals surface area (Å²) in [4.78, 5) is 17.7. The predicted octanol–water partition coefficient (Wildman–Crippen LogP) is 3.79. The SMILES string of the molecule is CCOC(=O)C1CCc2sc(Nc3ccc(C)cc3)nc21. The summed E-state index contributed by atoms with van der Waals surface area (Å²) >= 11 is 1.63. The average molecular weight is 302 g/mol. The summed E-state index contributed by atoms with van der Waals surface area (Å²) in [6.45, 7) is 4.31. The molecular formula is C16H18N2O2S. The highest BCUT2D eigenvalue weighted by Crippen LogP contribution is 2.39. The lowest BCUT2D eigenvalue weighted by molar-refractivity contribution is -0.145. The van der Waals surface area contributed by atoms with Gasteiger partial charge in [0.25, 0.3) is 0 Å². The molecule has 1 aromatic heterocycles. The molecule has 1 aliphatic carbocycles. The lowest BCUT2D eigenvalue weighted by atomic mass is 10.1. The summed E-state index contributed by atoms with van der Waals surface area (Å²) in [5, 5.41) is 4.15. The molecule has 1 unspecified atom stereocenters. The average Bonchev–Trinajstić information content (AvgIpc) is 3.01. The number of nitrogens with one attached hydrogen (secondary N) is 1. The van der Waals surface area contributed by atoms with Crippen molar-refractivity contribution in [3.8, 4) is 0 Å². The summed E-state index contributed by atoms with van der Waals surface area (Å²) in [6.07, 6.45) is 1.73. The molecule has 0 saturated heterocycles. The molecule has 5 heteroatoms. The van der Waals surface area contributed by atoms with Gasteiger partial charge in [0.05, 0.1) is 12.3 Å². The molecular weight excluding hydrogens is 284 g/mol. The van der Waals surface area contributed by atoms with Crippen molar-refractivity contribution in [3.05, 3.63) is 40.4 Å². The van der Waals surface area contributed by atoms with Crippen molar-refractivity contribution in [3.63, 3.8) is 0 Å². The Balaban J connectivity index is 1.77. The van der Waals surface area contributed by atoms with Crippen LogP contribution in [0.25, 0.3) is 0 Å². The van der Waals surface area contributed by atoms with Crippen LogP contribution >= 0.6 is 11.3 Å². The van der Waals surface area contributed by atoms with E-state index in [1.807, 2.05) is 19.1 Å². The monoisotopic (exact) mass is 302 g/mol. The summed E-state index contributed by atoms with van der Waals surface area (Å²) < 4.78 is 5.13. The molecule has 0 saturated carbocycles. The van der Waals surface area contributed by atoms with E-state index in [4.69, 9.17) is 4.74 Å². The normalized spacial score (nSPS) is 16.6. The van der Waals surface area contributed by atoms with E-state index in [2.05, 4.69) is 29.4 Å². The molecule has 0 amide bonds. The van der Waals surface area contributed by atoms with Crippen molar-refractivity contribution in [1.82, 2.24) is 4.98 Å². The third kappa shape index (κ3) is 2.93. The fourth-order valence-corrected chi connectivity index (χ4v) is 3.57. The second-order valence-corrected chi connectivity index (χ2v) is 6.25. The number of benzene rings is 1. The maximum atomic E-state index is 11.9. The Morgan fingerprint density at radius 1 is 1.43 bits per heavy atom. The zero-order chi connectivity index (χ0) is 14.8. The first-order valence-electron chi connectivity index (χ1n) is 7.17. The van der Waals surface area contributed by atoms with E-state index in [0.717, 1.165) is 29.4 Å². The van der Waals surface area contributed by atoms with Gasteiger partial charge in [0.1, 0.15) is 5.92 Å². The number of hydrogen-bond acceptors (Lipinski definition) is 5. The van der Waals surface area contributed by atoms with Gasteiger partial charge in [-0.15, -0.1) is 11.3 Å². The maximum Gasteiger partial charge on any atom is 0.315 e. The van der Waals surface area contributed by atoms with Gasteiger partial charge in [0.15, 0.2) is 5.13 Å². The largest absolute Gasteiger partial charge is 0.465 e. The van der Waals surface area contributed by atoms with E-state index in [0.29, 0.717) is 6.61 Å². The summed E-state index contributed by atoms with van der Waals surface area (Å²) in [5.41, 5.74) is 3.14. The van der Waals surface area contributed by atoms with Crippen LogP contribution in [0.2, 0.25) is 0 Å². The molecule has 0 fully saturated rings. The Morgan fingerprint density at radius 2 is 2.19 bits per heavy atom. The Kier molecular flexibility index (Phi) is 3.92. The van der Waals surface area contributed by atoms with Crippen LogP contribution in [-0.2, 0) is 16.0 Å². The number of anilines is 2. The van der Waals surface area contributed by atoms with E-state index in [-0.39, 0.29) is 11.9 Å². The first-order valence-corrected chi connectivity index (χ1v) is 7.99. The highest BCUT2D eigenvalue weighted by Gasteiger charge is 2.33. The molecule has 0 radical (unpaired) electrons. The highest BCUT2D eigenvalue weighted by molar-refractivity contribution is 7.15.